The van der Waals surface area contributed by atoms with Crippen LogP contribution in [0.25, 0.3) is 0 Å². The van der Waals surface area contributed by atoms with Gasteiger partial charge in [-0.1, -0.05) is 29.3 Å². The van der Waals surface area contributed by atoms with E-state index >= 15 is 0 Å². The molecule has 0 N–H and O–H groups in total. The fourth-order valence-corrected chi connectivity index (χ4v) is 4.67. The maximum Gasteiger partial charge on any atom is 0.274 e. The first-order chi connectivity index (χ1) is 13.9. The number of carbonyl (C=O) groups is 1. The van der Waals surface area contributed by atoms with Crippen LogP contribution >= 0.6 is 23.2 Å². The van der Waals surface area contributed by atoms with E-state index in [4.69, 9.17) is 33.2 Å². The van der Waals surface area contributed by atoms with Crippen molar-refractivity contribution in [3.8, 4) is 11.8 Å². The topological polar surface area (TPSA) is 79.1 Å². The molecule has 1 aromatic carbocycles. The van der Waals surface area contributed by atoms with Gasteiger partial charge >= 0.3 is 0 Å². The van der Waals surface area contributed by atoms with Crippen molar-refractivity contribution in [1.29, 1.82) is 5.26 Å². The number of nitrogens with zero attached hydrogens (tertiary/aromatic N) is 4. The molecule has 29 heavy (non-hydrogen) atoms. The number of halogens is 2. The molecule has 2 fully saturated rings. The van der Waals surface area contributed by atoms with E-state index < -0.39 is 0 Å². The first-order valence-corrected chi connectivity index (χ1v) is 9.96. The number of amides is 1. The van der Waals surface area contributed by atoms with Crippen molar-refractivity contribution < 1.29 is 9.53 Å². The van der Waals surface area contributed by atoms with Crippen molar-refractivity contribution >= 4 is 29.1 Å². The Morgan fingerprint density at radius 1 is 1.38 bits per heavy atom. The van der Waals surface area contributed by atoms with Crippen molar-refractivity contribution in [1.82, 2.24) is 14.9 Å². The minimum atomic E-state index is -0.198. The summed E-state index contributed by atoms with van der Waals surface area (Å²) in [5, 5.41) is 9.63. The van der Waals surface area contributed by atoms with Gasteiger partial charge in [0.05, 0.1) is 29.1 Å². The Hall–Kier alpha value is -2.62. The van der Waals surface area contributed by atoms with Gasteiger partial charge in [0.2, 0.25) is 0 Å². The molecular weight excluding hydrogens is 411 g/mol. The first-order valence-electron chi connectivity index (χ1n) is 9.21. The molecule has 4 rings (SSSR count). The lowest BCUT2D eigenvalue weighted by atomic mass is 9.81. The molecular formula is C21H18Cl2N4O2. The normalized spacial score (nSPS) is 25.3. The largest absolute Gasteiger partial charge is 0.490 e. The van der Waals surface area contributed by atoms with Gasteiger partial charge in [-0.15, -0.1) is 6.58 Å². The molecule has 0 unspecified atom stereocenters. The lowest BCUT2D eigenvalue weighted by molar-refractivity contribution is 0.0755. The van der Waals surface area contributed by atoms with E-state index in [1.807, 2.05) is 12.1 Å². The summed E-state index contributed by atoms with van der Waals surface area (Å²) in [6.45, 7) is 5.22. The quantitative estimate of drug-likeness (QED) is 0.683. The van der Waals surface area contributed by atoms with Crippen LogP contribution < -0.4 is 4.74 Å². The van der Waals surface area contributed by atoms with Gasteiger partial charge in [-0.05, 0) is 30.9 Å². The Bertz CT molecular complexity index is 1000. The van der Waals surface area contributed by atoms with Crippen LogP contribution in [0.3, 0.4) is 0 Å². The number of likely N-dealkylation sites (tertiary alicyclic amines) is 1. The highest BCUT2D eigenvalue weighted by atomic mass is 35.5. The summed E-state index contributed by atoms with van der Waals surface area (Å²) in [5.41, 5.74) is 0.509. The Morgan fingerprint density at radius 3 is 2.83 bits per heavy atom. The first kappa shape index (κ1) is 19.7. The second-order valence-corrected chi connectivity index (χ2v) is 8.27. The molecule has 1 aliphatic carbocycles. The molecule has 1 saturated heterocycles. The summed E-state index contributed by atoms with van der Waals surface area (Å²) >= 11 is 11.9. The summed E-state index contributed by atoms with van der Waals surface area (Å²) in [4.78, 5) is 22.6. The van der Waals surface area contributed by atoms with Crippen LogP contribution in [0, 0.1) is 22.7 Å². The standard InChI is InChI=1S/C21H18Cl2N4O2/c1-2-21-7-16(29-15-4-3-13(8-24)17(22)6-15)5-14(21)11-27(12-21)20(28)18-9-26-19(23)10-25-18/h2-4,6,9-10,14,16H,1,5,7,11-12H2/t14-,16-,21+/m1/s1. The monoisotopic (exact) mass is 428 g/mol. The number of hydrogen-bond donors (Lipinski definition) is 0. The number of nitriles is 1. The van der Waals surface area contributed by atoms with Gasteiger partial charge in [0.15, 0.2) is 0 Å². The maximum absolute atomic E-state index is 12.8. The minimum Gasteiger partial charge on any atom is -0.490 e. The molecule has 1 aromatic heterocycles. The molecule has 6 nitrogen and oxygen atoms in total. The second-order valence-electron chi connectivity index (χ2n) is 7.48. The molecule has 1 aliphatic heterocycles. The van der Waals surface area contributed by atoms with Gasteiger partial charge in [-0.25, -0.2) is 9.97 Å². The van der Waals surface area contributed by atoms with Crippen molar-refractivity contribution in [2.75, 3.05) is 13.1 Å². The van der Waals surface area contributed by atoms with E-state index in [2.05, 4.69) is 16.5 Å². The van der Waals surface area contributed by atoms with Crippen LogP contribution in [0.15, 0.2) is 43.2 Å². The molecule has 8 heteroatoms. The van der Waals surface area contributed by atoms with Crippen LogP contribution in [0.1, 0.15) is 28.9 Å². The highest BCUT2D eigenvalue weighted by Gasteiger charge is 2.53. The van der Waals surface area contributed by atoms with Gasteiger partial charge in [0, 0.05) is 24.6 Å². The Balaban J connectivity index is 1.45. The number of rotatable bonds is 4. The molecule has 2 heterocycles. The fraction of sp³-hybridized carbons (Fsp3) is 0.333. The summed E-state index contributed by atoms with van der Waals surface area (Å²) in [6, 6.07) is 7.13. The Morgan fingerprint density at radius 2 is 2.21 bits per heavy atom. The van der Waals surface area contributed by atoms with Gasteiger partial charge in [-0.2, -0.15) is 5.26 Å². The zero-order valence-electron chi connectivity index (χ0n) is 15.5. The van der Waals surface area contributed by atoms with E-state index in [0.717, 1.165) is 12.8 Å². The highest BCUT2D eigenvalue weighted by molar-refractivity contribution is 6.31. The van der Waals surface area contributed by atoms with Crippen LogP contribution in [0.5, 0.6) is 5.75 Å². The number of fused-ring (bicyclic) bond motifs is 1. The van der Waals surface area contributed by atoms with Crippen molar-refractivity contribution in [3.05, 3.63) is 64.7 Å². The number of ether oxygens (including phenoxy) is 1. The molecule has 0 radical (unpaired) electrons. The lowest BCUT2D eigenvalue weighted by Gasteiger charge is -2.25. The van der Waals surface area contributed by atoms with Gasteiger partial charge < -0.3 is 9.64 Å². The molecule has 0 bridgehead atoms. The molecule has 148 valence electrons. The van der Waals surface area contributed by atoms with Crippen LogP contribution in [-0.4, -0.2) is 40.0 Å². The van der Waals surface area contributed by atoms with E-state index in [1.54, 1.807) is 23.1 Å². The van der Waals surface area contributed by atoms with E-state index in [-0.39, 0.29) is 34.2 Å². The molecule has 0 spiro atoms. The van der Waals surface area contributed by atoms with Gasteiger partial charge in [0.1, 0.15) is 22.7 Å². The number of hydrogen-bond acceptors (Lipinski definition) is 5. The van der Waals surface area contributed by atoms with Crippen LogP contribution in [0.4, 0.5) is 0 Å². The zero-order chi connectivity index (χ0) is 20.6. The van der Waals surface area contributed by atoms with E-state index in [1.165, 1.54) is 12.4 Å². The number of benzene rings is 1. The van der Waals surface area contributed by atoms with Crippen molar-refractivity contribution in [2.45, 2.75) is 18.9 Å². The smallest absolute Gasteiger partial charge is 0.274 e. The summed E-state index contributed by atoms with van der Waals surface area (Å²) < 4.78 is 6.13. The third-order valence-corrected chi connectivity index (χ3v) is 6.30. The van der Waals surface area contributed by atoms with E-state index in [9.17, 15) is 4.79 Å². The van der Waals surface area contributed by atoms with E-state index in [0.29, 0.717) is 29.4 Å². The van der Waals surface area contributed by atoms with Crippen molar-refractivity contribution in [3.63, 3.8) is 0 Å². The predicted octanol–water partition coefficient (Wildman–Crippen LogP) is 4.14. The summed E-state index contributed by atoms with van der Waals surface area (Å²) in [5.74, 6) is 0.742. The third-order valence-electron chi connectivity index (χ3n) is 5.79. The maximum atomic E-state index is 12.8. The predicted molar refractivity (Wildman–Crippen MR) is 109 cm³/mol. The Kier molecular flexibility index (Phi) is 5.20. The molecule has 1 saturated carbocycles. The zero-order valence-corrected chi connectivity index (χ0v) is 17.0. The molecule has 1 amide bonds. The highest BCUT2D eigenvalue weighted by Crippen LogP contribution is 2.50. The number of aromatic nitrogens is 2. The molecule has 3 atom stereocenters. The van der Waals surface area contributed by atoms with Crippen LogP contribution in [0.2, 0.25) is 10.2 Å². The fourth-order valence-electron chi connectivity index (χ4n) is 4.36. The van der Waals surface area contributed by atoms with Gasteiger partial charge in [0.25, 0.3) is 5.91 Å². The van der Waals surface area contributed by atoms with Gasteiger partial charge in [-0.3, -0.25) is 4.79 Å². The second kappa shape index (κ2) is 7.66. The average Bonchev–Trinajstić information content (AvgIpc) is 3.22. The SMILES string of the molecule is C=C[C@@]12C[C@H](Oc3ccc(C#N)c(Cl)c3)C[C@@H]1CN(C(=O)c1cnc(Cl)cn1)C2. The minimum absolute atomic E-state index is 0.00502. The summed E-state index contributed by atoms with van der Waals surface area (Å²) in [7, 11) is 0. The van der Waals surface area contributed by atoms with Crippen molar-refractivity contribution in [2.24, 2.45) is 11.3 Å². The lowest BCUT2D eigenvalue weighted by Crippen LogP contribution is -2.33. The Labute approximate surface area is 178 Å². The average molecular weight is 429 g/mol. The third kappa shape index (κ3) is 3.68. The molecule has 2 aliphatic rings. The summed E-state index contributed by atoms with van der Waals surface area (Å²) in [6.07, 6.45) is 6.29. The van der Waals surface area contributed by atoms with Crippen LogP contribution in [-0.2, 0) is 0 Å². The number of carbonyl (C=O) groups excluding carboxylic acids is 1. The molecule has 2 aromatic rings.